The lowest BCUT2D eigenvalue weighted by Crippen LogP contribution is -2.49. The average Bonchev–Trinajstić information content (AvgIpc) is 1.38. The molecule has 1 unspecified atom stereocenters. The molecule has 1 atom stereocenters. The molecule has 3 aliphatic rings. The Balaban J connectivity index is 0.743. The van der Waals surface area contributed by atoms with Gasteiger partial charge in [-0.3, -0.25) is 0 Å². The van der Waals surface area contributed by atoms with Crippen molar-refractivity contribution in [3.63, 3.8) is 0 Å². The fraction of sp³-hybridized carbons (Fsp3) is 0.0517. The minimum atomic E-state index is -2.24. The number of hydrogen-bond donors (Lipinski definition) is 0. The standard InChI is InChI=1S/C116H80Si2/c1-117(2)109-46-21-19-39-93(109)100-67-105-107(69-111(100)117)115(103-63-80(78-50-48-73-30-11-13-33-76(73)58-78)54-56-97(103)113(105)86-61-84(71-26-7-5-8-27-71)60-85(62-86)72-28-9-6-10-29-72)96-45-25-42-89-88(41-24-43-90(89)96)82-52-53-83-66-102(92-38-18-17-37-91(92)99(83)65-82)116-98-57-55-81(79-51-49-74-31-12-14-34-77(74)59-79)64-104(98)114(95-44-23-35-75-32-15-16-36-87(75)95)108-70-112-101(68-106(108)116)94-40-20-22-47-110(94)118(112,3)4/h5-28,30-70,72H,29H2,1-4H3. The maximum absolute atomic E-state index is 2.68. The van der Waals surface area contributed by atoms with Crippen molar-refractivity contribution in [3.05, 3.63) is 400 Å². The van der Waals surface area contributed by atoms with Gasteiger partial charge in [-0.2, -0.15) is 0 Å². The second-order valence-electron chi connectivity index (χ2n) is 34.4. The molecule has 0 nitrogen and oxygen atoms in total. The summed E-state index contributed by atoms with van der Waals surface area (Å²) in [6.07, 6.45) is 10.1. The third-order valence-electron chi connectivity index (χ3n) is 27.3. The molecular formula is C116H80Si2. The van der Waals surface area contributed by atoms with Crippen LogP contribution < -0.4 is 20.7 Å². The maximum Gasteiger partial charge on any atom is 0.113 e. The summed E-state index contributed by atoms with van der Waals surface area (Å²) in [5, 5.41) is 31.0. The predicted molar refractivity (Wildman–Crippen MR) is 515 cm³/mol. The number of fused-ring (bicyclic) bond motifs is 17. The van der Waals surface area contributed by atoms with Gasteiger partial charge in [0.2, 0.25) is 0 Å². The molecule has 0 aromatic heterocycles. The molecule has 2 aliphatic heterocycles. The van der Waals surface area contributed by atoms with Crippen LogP contribution in [0, 0.1) is 0 Å². The molecule has 0 bridgehead atoms. The van der Waals surface area contributed by atoms with Crippen molar-refractivity contribution in [1.29, 1.82) is 0 Å². The minimum absolute atomic E-state index is 0.244. The highest BCUT2D eigenvalue weighted by atomic mass is 28.3. The Kier molecular flexibility index (Phi) is 15.3. The molecule has 0 amide bonds. The lowest BCUT2D eigenvalue weighted by molar-refractivity contribution is 0.854. The van der Waals surface area contributed by atoms with Crippen molar-refractivity contribution in [3.8, 4) is 111 Å². The van der Waals surface area contributed by atoms with Gasteiger partial charge in [-0.05, 0) is 306 Å². The van der Waals surface area contributed by atoms with Crippen LogP contribution in [0.4, 0.5) is 0 Å². The highest BCUT2D eigenvalue weighted by molar-refractivity contribution is 7.04. The number of allylic oxidation sites excluding steroid dienone is 4. The van der Waals surface area contributed by atoms with Gasteiger partial charge < -0.3 is 0 Å². The van der Waals surface area contributed by atoms with Crippen LogP contribution in [0.1, 0.15) is 17.9 Å². The first-order valence-corrected chi connectivity index (χ1v) is 47.9. The number of benzene rings is 21. The molecule has 2 heterocycles. The molecule has 118 heavy (non-hydrogen) atoms. The Morgan fingerprint density at radius 2 is 0.619 bits per heavy atom. The van der Waals surface area contributed by atoms with E-state index in [1.807, 2.05) is 0 Å². The van der Waals surface area contributed by atoms with E-state index >= 15 is 0 Å². The first-order chi connectivity index (χ1) is 58.0. The zero-order valence-corrected chi connectivity index (χ0v) is 68.3. The average molecular weight is 1530 g/mol. The van der Waals surface area contributed by atoms with Gasteiger partial charge in [0.05, 0.1) is 0 Å². The van der Waals surface area contributed by atoms with E-state index in [4.69, 9.17) is 0 Å². The fourth-order valence-electron chi connectivity index (χ4n) is 21.5. The van der Waals surface area contributed by atoms with E-state index in [0.717, 1.165) is 6.42 Å². The summed E-state index contributed by atoms with van der Waals surface area (Å²) >= 11 is 0. The van der Waals surface area contributed by atoms with Gasteiger partial charge in [0, 0.05) is 5.92 Å². The Morgan fingerprint density at radius 3 is 1.25 bits per heavy atom. The maximum atomic E-state index is 2.68. The van der Waals surface area contributed by atoms with Gasteiger partial charge in [-0.25, -0.2) is 0 Å². The van der Waals surface area contributed by atoms with Crippen LogP contribution in [0.3, 0.4) is 0 Å². The van der Waals surface area contributed by atoms with E-state index in [-0.39, 0.29) is 5.92 Å². The normalized spacial score (nSPS) is 14.4. The lowest BCUT2D eigenvalue weighted by atomic mass is 9.80. The molecule has 21 aromatic carbocycles. The van der Waals surface area contributed by atoms with Gasteiger partial charge in [0.1, 0.15) is 16.1 Å². The van der Waals surface area contributed by atoms with Gasteiger partial charge in [-0.1, -0.05) is 366 Å². The zero-order valence-electron chi connectivity index (χ0n) is 66.3. The molecule has 0 N–H and O–H groups in total. The summed E-state index contributed by atoms with van der Waals surface area (Å²) in [5.74, 6) is 0.244. The predicted octanol–water partition coefficient (Wildman–Crippen LogP) is 29.8. The van der Waals surface area contributed by atoms with E-state index in [2.05, 4.69) is 421 Å². The van der Waals surface area contributed by atoms with Crippen LogP contribution in [-0.4, -0.2) is 16.1 Å². The molecule has 0 radical (unpaired) electrons. The summed E-state index contributed by atoms with van der Waals surface area (Å²) in [5.41, 5.74) is 26.6. The van der Waals surface area contributed by atoms with E-state index < -0.39 is 16.1 Å². The molecule has 21 aromatic rings. The summed E-state index contributed by atoms with van der Waals surface area (Å²) in [6, 6.07) is 143. The molecule has 0 saturated carbocycles. The Labute approximate surface area is 689 Å². The lowest BCUT2D eigenvalue weighted by Gasteiger charge is -2.24. The molecule has 1 aliphatic carbocycles. The molecule has 552 valence electrons. The van der Waals surface area contributed by atoms with Crippen LogP contribution in [-0.2, 0) is 0 Å². The van der Waals surface area contributed by atoms with Crippen LogP contribution in [0.15, 0.2) is 394 Å². The Morgan fingerprint density at radius 1 is 0.195 bits per heavy atom. The van der Waals surface area contributed by atoms with Crippen molar-refractivity contribution in [1.82, 2.24) is 0 Å². The van der Waals surface area contributed by atoms with Gasteiger partial charge in [-0.15, -0.1) is 0 Å². The van der Waals surface area contributed by atoms with E-state index in [9.17, 15) is 0 Å². The van der Waals surface area contributed by atoms with Crippen LogP contribution in [0.2, 0.25) is 26.2 Å². The highest BCUT2D eigenvalue weighted by Gasteiger charge is 2.40. The van der Waals surface area contributed by atoms with Gasteiger partial charge in [0.25, 0.3) is 0 Å². The van der Waals surface area contributed by atoms with Crippen LogP contribution in [0.5, 0.6) is 0 Å². The first-order valence-electron chi connectivity index (χ1n) is 41.9. The first kappa shape index (κ1) is 68.5. The van der Waals surface area contributed by atoms with Crippen molar-refractivity contribution < 1.29 is 0 Å². The monoisotopic (exact) mass is 1530 g/mol. The smallest absolute Gasteiger partial charge is 0.0836 e. The second-order valence-corrected chi connectivity index (χ2v) is 43.0. The van der Waals surface area contributed by atoms with Crippen molar-refractivity contribution >= 4 is 145 Å². The minimum Gasteiger partial charge on any atom is -0.0836 e. The third kappa shape index (κ3) is 10.5. The van der Waals surface area contributed by atoms with E-state index in [1.54, 1.807) is 0 Å². The van der Waals surface area contributed by atoms with Crippen LogP contribution in [0.25, 0.3) is 219 Å². The summed E-state index contributed by atoms with van der Waals surface area (Å²) < 4.78 is 0. The van der Waals surface area contributed by atoms with Gasteiger partial charge >= 0.3 is 0 Å². The Bertz CT molecular complexity index is 8020. The highest BCUT2D eigenvalue weighted by Crippen LogP contribution is 2.54. The molecule has 0 saturated heterocycles. The van der Waals surface area contributed by atoms with Crippen molar-refractivity contribution in [2.75, 3.05) is 0 Å². The fourth-order valence-corrected chi connectivity index (χ4v) is 27.6. The molecule has 24 rings (SSSR count). The molecular weight excluding hydrogens is 1450 g/mol. The summed E-state index contributed by atoms with van der Waals surface area (Å²) in [4.78, 5) is 0. The quantitative estimate of drug-likeness (QED) is 0.0768. The number of rotatable bonds is 9. The summed E-state index contributed by atoms with van der Waals surface area (Å²) in [6.45, 7) is 10.3. The zero-order chi connectivity index (χ0) is 78.2. The largest absolute Gasteiger partial charge is 0.113 e. The topological polar surface area (TPSA) is 0 Å². The van der Waals surface area contributed by atoms with E-state index in [0.29, 0.717) is 0 Å². The summed E-state index contributed by atoms with van der Waals surface area (Å²) in [7, 11) is -4.41. The third-order valence-corrected chi connectivity index (χ3v) is 34.3. The number of hydrogen-bond acceptors (Lipinski definition) is 0. The Hall–Kier alpha value is -13.9. The second kappa shape index (κ2) is 26.3. The van der Waals surface area contributed by atoms with Crippen molar-refractivity contribution in [2.45, 2.75) is 38.5 Å². The molecule has 2 heteroatoms. The SMILES string of the molecule is C[Si]1(C)c2ccccc2-c2cc3c(-c4cc5ccc(-c6cccc7c(-c8c9cc(-c%10ccc%11ccccc%11c%10)ccc9c(-c9cc(-c%10ccccc%10)cc(C%10C=CC=CC%10)c9)c9cc%10c(cc89)[Si](C)(C)c8ccccc8-%10)cccc67)cc5c5ccccc45)c4ccc(-c5ccc6ccccc6c5)cc4c(-c4cccc5ccccc45)c3cc21. The van der Waals surface area contributed by atoms with Crippen molar-refractivity contribution in [2.24, 2.45) is 0 Å². The van der Waals surface area contributed by atoms with Gasteiger partial charge in [0.15, 0.2) is 0 Å². The molecule has 0 fully saturated rings. The molecule has 0 spiro atoms. The van der Waals surface area contributed by atoms with E-state index in [1.165, 1.54) is 245 Å². The van der Waals surface area contributed by atoms with Crippen LogP contribution >= 0.6 is 0 Å².